The van der Waals surface area contributed by atoms with Crippen LogP contribution < -0.4 is 0 Å². The van der Waals surface area contributed by atoms with Crippen molar-refractivity contribution in [1.82, 2.24) is 0 Å². The van der Waals surface area contributed by atoms with Crippen LogP contribution in [0.3, 0.4) is 0 Å². The van der Waals surface area contributed by atoms with Crippen molar-refractivity contribution in [2.24, 2.45) is 0 Å². The summed E-state index contributed by atoms with van der Waals surface area (Å²) >= 11 is 0. The zero-order valence-corrected chi connectivity index (χ0v) is 5.38. The van der Waals surface area contributed by atoms with Crippen LogP contribution in [0, 0.1) is 0 Å². The number of hydrogen-bond donors (Lipinski definition) is 0. The third-order valence-electron chi connectivity index (χ3n) is 1.22. The third kappa shape index (κ3) is 1.84. The first-order chi connectivity index (χ1) is 4.43. The summed E-state index contributed by atoms with van der Waals surface area (Å²) in [5.74, 6) is 0. The summed E-state index contributed by atoms with van der Waals surface area (Å²) in [6.07, 6.45) is 0.973. The molecule has 1 aromatic carbocycles. The van der Waals surface area contributed by atoms with Crippen molar-refractivity contribution < 1.29 is 0 Å². The van der Waals surface area contributed by atoms with Gasteiger partial charge < -0.3 is 0 Å². The molecule has 0 aliphatic carbocycles. The van der Waals surface area contributed by atoms with Gasteiger partial charge >= 0.3 is 55.6 Å². The van der Waals surface area contributed by atoms with Crippen molar-refractivity contribution in [2.75, 3.05) is 0 Å². The van der Waals surface area contributed by atoms with Crippen molar-refractivity contribution in [3.63, 3.8) is 0 Å². The van der Waals surface area contributed by atoms with E-state index in [1.165, 1.54) is 5.56 Å². The van der Waals surface area contributed by atoms with Crippen LogP contribution in [0.25, 0.3) is 0 Å². The molecule has 0 aliphatic rings. The van der Waals surface area contributed by atoms with Gasteiger partial charge in [0.05, 0.1) is 0 Å². The van der Waals surface area contributed by atoms with Gasteiger partial charge in [-0.05, 0) is 0 Å². The van der Waals surface area contributed by atoms with E-state index in [0.717, 1.165) is 6.32 Å². The van der Waals surface area contributed by atoms with Gasteiger partial charge in [-0.1, -0.05) is 0 Å². The Morgan fingerprint density at radius 1 is 1.22 bits per heavy atom. The van der Waals surface area contributed by atoms with Crippen molar-refractivity contribution >= 4 is 13.4 Å². The van der Waals surface area contributed by atoms with Gasteiger partial charge in [-0.15, -0.1) is 0 Å². The van der Waals surface area contributed by atoms with Crippen LogP contribution in [0.4, 0.5) is 0 Å². The van der Waals surface area contributed by atoms with Gasteiger partial charge in [-0.3, -0.25) is 0 Å². The zero-order valence-electron chi connectivity index (χ0n) is 5.38. The molecule has 0 heterocycles. The third-order valence-corrected chi connectivity index (χ3v) is 1.22. The molecule has 0 N–H and O–H groups in total. The summed E-state index contributed by atoms with van der Waals surface area (Å²) in [5.41, 5.74) is 1.33. The van der Waals surface area contributed by atoms with E-state index in [0.29, 0.717) is 0 Å². The van der Waals surface area contributed by atoms with Crippen LogP contribution in [0.5, 0.6) is 0 Å². The van der Waals surface area contributed by atoms with Crippen LogP contribution >= 0.6 is 0 Å². The second-order valence-electron chi connectivity index (χ2n) is 1.98. The van der Waals surface area contributed by atoms with Crippen molar-refractivity contribution in [3.8, 4) is 0 Å². The summed E-state index contributed by atoms with van der Waals surface area (Å²) in [4.78, 5) is 0. The molecular formula is C8H9B. The molecule has 0 spiro atoms. The van der Waals surface area contributed by atoms with Crippen LogP contribution in [0.2, 0.25) is 0 Å². The Morgan fingerprint density at radius 2 is 1.89 bits per heavy atom. The Kier molecular flexibility index (Phi) is 2.26. The monoisotopic (exact) mass is 116 g/mol. The number of benzene rings is 1. The van der Waals surface area contributed by atoms with E-state index in [1.807, 2.05) is 25.1 Å². The van der Waals surface area contributed by atoms with Gasteiger partial charge in [-0.2, -0.15) is 0 Å². The van der Waals surface area contributed by atoms with Crippen molar-refractivity contribution in [1.29, 1.82) is 0 Å². The first-order valence-corrected chi connectivity index (χ1v) is 3.08. The Morgan fingerprint density at radius 3 is 2.44 bits per heavy atom. The summed E-state index contributed by atoms with van der Waals surface area (Å²) < 4.78 is 0. The normalized spacial score (nSPS) is 8.44. The SMILES string of the molecule is C=BCc1ccccc1. The minimum absolute atomic E-state index is 0.973. The summed E-state index contributed by atoms with van der Waals surface area (Å²) in [5, 5.41) is 0. The summed E-state index contributed by atoms with van der Waals surface area (Å²) in [6, 6.07) is 10.3. The molecule has 0 fully saturated rings. The molecule has 0 unspecified atom stereocenters. The predicted octanol–water partition coefficient (Wildman–Crippen LogP) is 1.32. The molecule has 44 valence electrons. The Balaban J connectivity index is 2.72. The Hall–Kier alpha value is -0.845. The molecule has 0 saturated carbocycles. The van der Waals surface area contributed by atoms with E-state index in [1.54, 1.807) is 0 Å². The van der Waals surface area contributed by atoms with E-state index < -0.39 is 0 Å². The molecule has 9 heavy (non-hydrogen) atoms. The second-order valence-corrected chi connectivity index (χ2v) is 1.98. The Bertz CT molecular complexity index is 179. The van der Waals surface area contributed by atoms with E-state index in [2.05, 4.69) is 18.6 Å². The van der Waals surface area contributed by atoms with Gasteiger partial charge in [0.15, 0.2) is 0 Å². The standard InChI is InChI=1S/C8H9B/c1-9-7-8-5-3-2-4-6-8/h2-6H,1,7H2. The van der Waals surface area contributed by atoms with Crippen LogP contribution in [0.15, 0.2) is 30.3 Å². The second kappa shape index (κ2) is 3.23. The van der Waals surface area contributed by atoms with Gasteiger partial charge in [0.2, 0.25) is 0 Å². The molecule has 0 atom stereocenters. The van der Waals surface area contributed by atoms with Gasteiger partial charge in [0, 0.05) is 0 Å². The fourth-order valence-corrected chi connectivity index (χ4v) is 0.781. The minimum atomic E-state index is 0.973. The quantitative estimate of drug-likeness (QED) is 0.511. The van der Waals surface area contributed by atoms with E-state index in [4.69, 9.17) is 0 Å². The van der Waals surface area contributed by atoms with Gasteiger partial charge in [0.25, 0.3) is 0 Å². The molecule has 0 saturated heterocycles. The number of hydrogen-bond acceptors (Lipinski definition) is 0. The molecule has 0 aliphatic heterocycles. The van der Waals surface area contributed by atoms with Crippen molar-refractivity contribution in [3.05, 3.63) is 35.9 Å². The fourth-order valence-electron chi connectivity index (χ4n) is 0.781. The van der Waals surface area contributed by atoms with E-state index in [9.17, 15) is 0 Å². The van der Waals surface area contributed by atoms with E-state index in [-0.39, 0.29) is 0 Å². The van der Waals surface area contributed by atoms with Crippen LogP contribution in [-0.4, -0.2) is 13.4 Å². The molecule has 0 amide bonds. The van der Waals surface area contributed by atoms with Crippen molar-refractivity contribution in [2.45, 2.75) is 6.32 Å². The predicted molar refractivity (Wildman–Crippen MR) is 43.0 cm³/mol. The summed E-state index contributed by atoms with van der Waals surface area (Å²) in [6.45, 7) is 5.57. The van der Waals surface area contributed by atoms with Gasteiger partial charge in [0.1, 0.15) is 0 Å². The molecule has 0 radical (unpaired) electrons. The van der Waals surface area contributed by atoms with Gasteiger partial charge in [-0.25, -0.2) is 0 Å². The van der Waals surface area contributed by atoms with Crippen LogP contribution in [0.1, 0.15) is 5.56 Å². The molecule has 0 nitrogen and oxygen atoms in total. The average molecular weight is 116 g/mol. The molecule has 0 bridgehead atoms. The van der Waals surface area contributed by atoms with Crippen LogP contribution in [-0.2, 0) is 6.32 Å². The maximum absolute atomic E-state index is 3.66. The first-order valence-electron chi connectivity index (χ1n) is 3.08. The fraction of sp³-hybridized carbons (Fsp3) is 0.125. The topological polar surface area (TPSA) is 0 Å². The number of rotatable bonds is 2. The molecule has 0 aromatic heterocycles. The zero-order chi connectivity index (χ0) is 6.53. The average Bonchev–Trinajstić information content (AvgIpc) is 1.91. The first kappa shape index (κ1) is 6.28. The summed E-state index contributed by atoms with van der Waals surface area (Å²) in [7, 11) is 0. The Labute approximate surface area is 56.4 Å². The molecule has 1 aromatic rings. The maximum atomic E-state index is 3.66. The molecular weight excluding hydrogens is 107 g/mol. The molecule has 1 heteroatoms. The molecule has 1 rings (SSSR count). The van der Waals surface area contributed by atoms with E-state index >= 15 is 0 Å².